The lowest BCUT2D eigenvalue weighted by Crippen LogP contribution is -2.56. The fourth-order valence-corrected chi connectivity index (χ4v) is 5.62. The molecule has 41 heavy (non-hydrogen) atoms. The van der Waals surface area contributed by atoms with Crippen LogP contribution in [0, 0.1) is 0 Å². The maximum absolute atomic E-state index is 14.1. The lowest BCUT2D eigenvalue weighted by molar-refractivity contribution is -0.140. The first-order valence-electron chi connectivity index (χ1n) is 13.1. The summed E-state index contributed by atoms with van der Waals surface area (Å²) >= 11 is 3.47. The van der Waals surface area contributed by atoms with Crippen LogP contribution in [0.25, 0.3) is 0 Å². The second kappa shape index (κ2) is 13.4. The third-order valence-electron chi connectivity index (χ3n) is 6.23. The molecule has 0 saturated heterocycles. The quantitative estimate of drug-likeness (QED) is 0.298. The van der Waals surface area contributed by atoms with Crippen LogP contribution in [0.1, 0.15) is 49.2 Å². The van der Waals surface area contributed by atoms with Gasteiger partial charge in [-0.15, -0.1) is 0 Å². The molecule has 3 aromatic rings. The topological polar surface area (TPSA) is 104 Å². The minimum absolute atomic E-state index is 0.0679. The van der Waals surface area contributed by atoms with E-state index in [1.807, 2.05) is 75.4 Å². The van der Waals surface area contributed by atoms with Gasteiger partial charge in [0.1, 0.15) is 12.6 Å². The van der Waals surface area contributed by atoms with E-state index in [-0.39, 0.29) is 30.3 Å². The SMILES string of the molecule is CC(=O)c1cccc(N(CC(=O)N(Cc2cccc(Br)c2)C(Cc2ccccc2)C(=O)NC(C)(C)C)S(C)(=O)=O)c1. The van der Waals surface area contributed by atoms with Crippen molar-refractivity contribution >= 4 is 49.2 Å². The van der Waals surface area contributed by atoms with Crippen LogP contribution in [-0.2, 0) is 32.6 Å². The molecule has 0 aromatic heterocycles. The van der Waals surface area contributed by atoms with Gasteiger partial charge in [-0.2, -0.15) is 0 Å². The Morgan fingerprint density at radius 3 is 2.12 bits per heavy atom. The standard InChI is InChI=1S/C31H36BrN3O5S/c1-22(36)25-14-10-16-27(19-25)35(41(5,39)40)21-29(37)34(20-24-13-9-15-26(32)17-24)28(30(38)33-31(2,3)4)18-23-11-7-6-8-12-23/h6-17,19,28H,18,20-21H2,1-5H3,(H,33,38). The molecule has 1 atom stereocenters. The van der Waals surface area contributed by atoms with Gasteiger partial charge >= 0.3 is 0 Å². The zero-order chi connectivity index (χ0) is 30.4. The fourth-order valence-electron chi connectivity index (χ4n) is 4.33. The highest BCUT2D eigenvalue weighted by atomic mass is 79.9. The molecule has 0 saturated carbocycles. The summed E-state index contributed by atoms with van der Waals surface area (Å²) in [6, 6.07) is 22.0. The highest BCUT2D eigenvalue weighted by molar-refractivity contribution is 9.10. The number of amides is 2. The van der Waals surface area contributed by atoms with Gasteiger partial charge in [0.15, 0.2) is 5.78 Å². The zero-order valence-corrected chi connectivity index (χ0v) is 26.3. The van der Waals surface area contributed by atoms with Gasteiger partial charge in [-0.1, -0.05) is 70.5 Å². The highest BCUT2D eigenvalue weighted by Gasteiger charge is 2.34. The Labute approximate surface area is 250 Å². The number of sulfonamides is 1. The third-order valence-corrected chi connectivity index (χ3v) is 7.86. The van der Waals surface area contributed by atoms with E-state index in [0.29, 0.717) is 5.56 Å². The number of ketones is 1. The van der Waals surface area contributed by atoms with Crippen LogP contribution in [0.15, 0.2) is 83.3 Å². The molecule has 0 radical (unpaired) electrons. The lowest BCUT2D eigenvalue weighted by atomic mass is 10.0. The van der Waals surface area contributed by atoms with Gasteiger partial charge in [0.05, 0.1) is 11.9 Å². The Kier molecular flexibility index (Phi) is 10.5. The van der Waals surface area contributed by atoms with Crippen LogP contribution >= 0.6 is 15.9 Å². The average molecular weight is 643 g/mol. The summed E-state index contributed by atoms with van der Waals surface area (Å²) < 4.78 is 27.7. The van der Waals surface area contributed by atoms with Crippen molar-refractivity contribution in [3.05, 3.63) is 100 Å². The molecule has 0 bridgehead atoms. The van der Waals surface area contributed by atoms with E-state index in [9.17, 15) is 22.8 Å². The maximum atomic E-state index is 14.1. The Balaban J connectivity index is 2.09. The van der Waals surface area contributed by atoms with Gasteiger partial charge in [-0.25, -0.2) is 8.42 Å². The Hall–Kier alpha value is -3.50. The summed E-state index contributed by atoms with van der Waals surface area (Å²) in [6.45, 7) is 6.48. The van der Waals surface area contributed by atoms with Crippen molar-refractivity contribution in [1.82, 2.24) is 10.2 Å². The molecular formula is C31H36BrN3O5S. The molecule has 8 nitrogen and oxygen atoms in total. The van der Waals surface area contributed by atoms with E-state index in [1.54, 1.807) is 12.1 Å². The van der Waals surface area contributed by atoms with E-state index in [0.717, 1.165) is 26.2 Å². The van der Waals surface area contributed by atoms with Crippen LogP contribution in [0.5, 0.6) is 0 Å². The van der Waals surface area contributed by atoms with E-state index >= 15 is 0 Å². The minimum atomic E-state index is -3.94. The molecule has 0 aliphatic carbocycles. The number of nitrogens with one attached hydrogen (secondary N) is 1. The molecule has 2 amide bonds. The van der Waals surface area contributed by atoms with E-state index < -0.39 is 34.1 Å². The molecule has 1 unspecified atom stereocenters. The second-order valence-corrected chi connectivity index (χ2v) is 13.8. The molecule has 0 fully saturated rings. The largest absolute Gasteiger partial charge is 0.350 e. The van der Waals surface area contributed by atoms with Gasteiger partial charge in [0, 0.05) is 28.5 Å². The van der Waals surface area contributed by atoms with E-state index in [1.165, 1.54) is 24.0 Å². The number of rotatable bonds is 11. The van der Waals surface area contributed by atoms with Gasteiger partial charge in [0.25, 0.3) is 0 Å². The van der Waals surface area contributed by atoms with Crippen LogP contribution in [0.3, 0.4) is 0 Å². The van der Waals surface area contributed by atoms with E-state index in [4.69, 9.17) is 0 Å². The zero-order valence-electron chi connectivity index (χ0n) is 23.9. The number of carbonyl (C=O) groups is 3. The second-order valence-electron chi connectivity index (χ2n) is 11.0. The summed E-state index contributed by atoms with van der Waals surface area (Å²) in [6.07, 6.45) is 1.23. The summed E-state index contributed by atoms with van der Waals surface area (Å²) in [5, 5.41) is 3.00. The molecule has 3 rings (SSSR count). The number of carbonyl (C=O) groups excluding carboxylic acids is 3. The smallest absolute Gasteiger partial charge is 0.244 e. The summed E-state index contributed by atoms with van der Waals surface area (Å²) in [5.41, 5.74) is 1.56. The number of hydrogen-bond acceptors (Lipinski definition) is 5. The van der Waals surface area contributed by atoms with Gasteiger partial charge in [0.2, 0.25) is 21.8 Å². The molecule has 0 spiro atoms. The molecule has 10 heteroatoms. The van der Waals surface area contributed by atoms with Crippen LogP contribution in [0.4, 0.5) is 5.69 Å². The van der Waals surface area contributed by atoms with Crippen LogP contribution in [-0.4, -0.2) is 55.3 Å². The number of nitrogens with zero attached hydrogens (tertiary/aromatic N) is 2. The molecule has 1 N–H and O–H groups in total. The number of halogens is 1. The van der Waals surface area contributed by atoms with E-state index in [2.05, 4.69) is 21.2 Å². The Morgan fingerprint density at radius 1 is 0.902 bits per heavy atom. The van der Waals surface area contributed by atoms with Crippen LogP contribution in [0.2, 0.25) is 0 Å². The Morgan fingerprint density at radius 2 is 1.54 bits per heavy atom. The van der Waals surface area contributed by atoms with Crippen molar-refractivity contribution in [2.24, 2.45) is 0 Å². The van der Waals surface area contributed by atoms with Crippen molar-refractivity contribution in [3.8, 4) is 0 Å². The molecule has 3 aromatic carbocycles. The monoisotopic (exact) mass is 641 g/mol. The summed E-state index contributed by atoms with van der Waals surface area (Å²) in [5.74, 6) is -1.15. The normalized spacial score (nSPS) is 12.3. The summed E-state index contributed by atoms with van der Waals surface area (Å²) in [7, 11) is -3.94. The third kappa shape index (κ3) is 9.54. The predicted molar refractivity (Wildman–Crippen MR) is 165 cm³/mol. The molecule has 218 valence electrons. The van der Waals surface area contributed by atoms with Gasteiger partial charge in [-0.3, -0.25) is 18.7 Å². The average Bonchev–Trinajstić information content (AvgIpc) is 2.88. The van der Waals surface area contributed by atoms with Gasteiger partial charge in [-0.05, 0) is 63.1 Å². The first-order valence-corrected chi connectivity index (χ1v) is 15.8. The fraction of sp³-hybridized carbons (Fsp3) is 0.323. The number of anilines is 1. The Bertz CT molecular complexity index is 1500. The molecule has 0 aliphatic rings. The molecule has 0 heterocycles. The maximum Gasteiger partial charge on any atom is 0.244 e. The van der Waals surface area contributed by atoms with Crippen molar-refractivity contribution in [1.29, 1.82) is 0 Å². The number of Topliss-reactive ketones (excluding diaryl/α,β-unsaturated/α-hetero) is 1. The highest BCUT2D eigenvalue weighted by Crippen LogP contribution is 2.23. The van der Waals surface area contributed by atoms with Gasteiger partial charge < -0.3 is 10.2 Å². The van der Waals surface area contributed by atoms with Crippen molar-refractivity contribution in [3.63, 3.8) is 0 Å². The van der Waals surface area contributed by atoms with Crippen LogP contribution < -0.4 is 9.62 Å². The number of benzene rings is 3. The minimum Gasteiger partial charge on any atom is -0.350 e. The lowest BCUT2D eigenvalue weighted by Gasteiger charge is -2.35. The molecule has 0 aliphatic heterocycles. The first-order chi connectivity index (χ1) is 19.1. The molecular weight excluding hydrogens is 606 g/mol. The number of hydrogen-bond donors (Lipinski definition) is 1. The first kappa shape index (κ1) is 32.0. The van der Waals surface area contributed by atoms with Crippen molar-refractivity contribution < 1.29 is 22.8 Å². The summed E-state index contributed by atoms with van der Waals surface area (Å²) in [4.78, 5) is 41.3. The van der Waals surface area contributed by atoms with Crippen molar-refractivity contribution in [2.75, 3.05) is 17.1 Å². The van der Waals surface area contributed by atoms with Crippen molar-refractivity contribution in [2.45, 2.75) is 52.2 Å². The predicted octanol–water partition coefficient (Wildman–Crippen LogP) is 4.97.